The standard InChI is InChI=1S/C12H23NO3/c1-12(2,3)16-11(15)13-8-10(14)7-6-9-4-5-9/h9-10,14H,4-8H2,1-3H3,(H,13,15). The first-order valence-electron chi connectivity index (χ1n) is 6.02. The van der Waals surface area contributed by atoms with Crippen molar-refractivity contribution in [3.05, 3.63) is 0 Å². The van der Waals surface area contributed by atoms with E-state index >= 15 is 0 Å². The highest BCUT2D eigenvalue weighted by atomic mass is 16.6. The molecule has 1 amide bonds. The number of nitrogens with one attached hydrogen (secondary N) is 1. The lowest BCUT2D eigenvalue weighted by atomic mass is 10.1. The van der Waals surface area contributed by atoms with Crippen molar-refractivity contribution in [3.8, 4) is 0 Å². The average molecular weight is 229 g/mol. The number of amides is 1. The van der Waals surface area contributed by atoms with E-state index in [4.69, 9.17) is 4.74 Å². The van der Waals surface area contributed by atoms with Crippen LogP contribution in [0.25, 0.3) is 0 Å². The van der Waals surface area contributed by atoms with Gasteiger partial charge in [-0.1, -0.05) is 12.8 Å². The molecule has 1 fully saturated rings. The number of ether oxygens (including phenoxy) is 1. The smallest absolute Gasteiger partial charge is 0.407 e. The maximum Gasteiger partial charge on any atom is 0.407 e. The molecule has 0 aromatic carbocycles. The van der Waals surface area contributed by atoms with Gasteiger partial charge in [0.2, 0.25) is 0 Å². The molecule has 0 heterocycles. The fraction of sp³-hybridized carbons (Fsp3) is 0.917. The van der Waals surface area contributed by atoms with Gasteiger partial charge in [-0.3, -0.25) is 0 Å². The molecule has 2 N–H and O–H groups in total. The Labute approximate surface area is 97.4 Å². The zero-order valence-corrected chi connectivity index (χ0v) is 10.5. The first-order valence-corrected chi connectivity index (χ1v) is 6.02. The molecule has 1 aliphatic carbocycles. The van der Waals surface area contributed by atoms with E-state index in [-0.39, 0.29) is 6.54 Å². The van der Waals surface area contributed by atoms with Crippen molar-refractivity contribution in [2.75, 3.05) is 6.54 Å². The lowest BCUT2D eigenvalue weighted by Crippen LogP contribution is -2.36. The Morgan fingerprint density at radius 2 is 2.12 bits per heavy atom. The molecule has 1 atom stereocenters. The van der Waals surface area contributed by atoms with E-state index in [1.54, 1.807) is 0 Å². The van der Waals surface area contributed by atoms with Crippen LogP contribution in [0.15, 0.2) is 0 Å². The Balaban J connectivity index is 2.05. The number of rotatable bonds is 5. The summed E-state index contributed by atoms with van der Waals surface area (Å²) in [5.74, 6) is 0.816. The second-order valence-corrected chi connectivity index (χ2v) is 5.56. The van der Waals surface area contributed by atoms with E-state index in [2.05, 4.69) is 5.32 Å². The number of aliphatic hydroxyl groups excluding tert-OH is 1. The predicted octanol–water partition coefficient (Wildman–Crippen LogP) is 2.06. The Morgan fingerprint density at radius 3 is 2.62 bits per heavy atom. The van der Waals surface area contributed by atoms with Crippen LogP contribution in [0, 0.1) is 5.92 Å². The Hall–Kier alpha value is -0.770. The van der Waals surface area contributed by atoms with E-state index in [0.717, 1.165) is 18.8 Å². The van der Waals surface area contributed by atoms with E-state index in [0.29, 0.717) is 0 Å². The van der Waals surface area contributed by atoms with Crippen LogP contribution >= 0.6 is 0 Å². The molecule has 1 aliphatic rings. The molecular formula is C12H23NO3. The van der Waals surface area contributed by atoms with Crippen molar-refractivity contribution in [1.82, 2.24) is 5.32 Å². The number of hydrogen-bond donors (Lipinski definition) is 2. The van der Waals surface area contributed by atoms with Gasteiger partial charge in [-0.2, -0.15) is 0 Å². The summed E-state index contributed by atoms with van der Waals surface area (Å²) >= 11 is 0. The van der Waals surface area contributed by atoms with Gasteiger partial charge < -0.3 is 15.2 Å². The molecule has 1 rings (SSSR count). The van der Waals surface area contributed by atoms with Crippen LogP contribution in [0.1, 0.15) is 46.5 Å². The van der Waals surface area contributed by atoms with Gasteiger partial charge in [0.25, 0.3) is 0 Å². The molecule has 1 unspecified atom stereocenters. The van der Waals surface area contributed by atoms with Gasteiger partial charge >= 0.3 is 6.09 Å². The lowest BCUT2D eigenvalue weighted by molar-refractivity contribution is 0.0487. The number of carbonyl (C=O) groups is 1. The highest BCUT2D eigenvalue weighted by Crippen LogP contribution is 2.33. The lowest BCUT2D eigenvalue weighted by Gasteiger charge is -2.20. The van der Waals surface area contributed by atoms with E-state index in [1.165, 1.54) is 12.8 Å². The van der Waals surface area contributed by atoms with Gasteiger partial charge in [0.1, 0.15) is 5.60 Å². The highest BCUT2D eigenvalue weighted by molar-refractivity contribution is 5.67. The third-order valence-corrected chi connectivity index (χ3v) is 2.49. The summed E-state index contributed by atoms with van der Waals surface area (Å²) in [7, 11) is 0. The van der Waals surface area contributed by atoms with E-state index in [9.17, 15) is 9.90 Å². The second-order valence-electron chi connectivity index (χ2n) is 5.56. The first kappa shape index (κ1) is 13.3. The Bertz CT molecular complexity index is 231. The minimum atomic E-state index is -0.483. The summed E-state index contributed by atoms with van der Waals surface area (Å²) in [5, 5.41) is 12.2. The van der Waals surface area contributed by atoms with Gasteiger partial charge in [-0.25, -0.2) is 4.79 Å². The van der Waals surface area contributed by atoms with Gasteiger partial charge in [0, 0.05) is 6.54 Å². The van der Waals surface area contributed by atoms with Crippen molar-refractivity contribution < 1.29 is 14.6 Å². The molecule has 0 aromatic heterocycles. The largest absolute Gasteiger partial charge is 0.444 e. The predicted molar refractivity (Wildman–Crippen MR) is 62.2 cm³/mol. The van der Waals surface area contributed by atoms with E-state index < -0.39 is 17.8 Å². The van der Waals surface area contributed by atoms with E-state index in [1.807, 2.05) is 20.8 Å². The molecule has 16 heavy (non-hydrogen) atoms. The molecule has 0 radical (unpaired) electrons. The summed E-state index contributed by atoms with van der Waals surface area (Å²) in [6.45, 7) is 5.73. The molecule has 0 spiro atoms. The second kappa shape index (κ2) is 5.53. The Morgan fingerprint density at radius 1 is 1.50 bits per heavy atom. The van der Waals surface area contributed by atoms with Gasteiger partial charge in [-0.15, -0.1) is 0 Å². The van der Waals surface area contributed by atoms with Crippen molar-refractivity contribution in [1.29, 1.82) is 0 Å². The normalized spacial score (nSPS) is 18.0. The highest BCUT2D eigenvalue weighted by Gasteiger charge is 2.22. The minimum Gasteiger partial charge on any atom is -0.444 e. The van der Waals surface area contributed by atoms with Crippen LogP contribution in [0.5, 0.6) is 0 Å². The maximum absolute atomic E-state index is 11.3. The van der Waals surface area contributed by atoms with Crippen molar-refractivity contribution >= 4 is 6.09 Å². The number of alkyl carbamates (subject to hydrolysis) is 1. The Kier molecular flexibility index (Phi) is 4.59. The number of carbonyl (C=O) groups excluding carboxylic acids is 1. The van der Waals surface area contributed by atoms with Crippen LogP contribution in [0.3, 0.4) is 0 Å². The third-order valence-electron chi connectivity index (χ3n) is 2.49. The molecule has 94 valence electrons. The van der Waals surface area contributed by atoms with Crippen molar-refractivity contribution in [2.24, 2.45) is 5.92 Å². The maximum atomic E-state index is 11.3. The zero-order chi connectivity index (χ0) is 12.2. The molecule has 0 bridgehead atoms. The van der Waals surface area contributed by atoms with Crippen molar-refractivity contribution in [2.45, 2.75) is 58.2 Å². The first-order chi connectivity index (χ1) is 7.37. The number of aliphatic hydroxyl groups is 1. The summed E-state index contributed by atoms with van der Waals surface area (Å²) in [5.41, 5.74) is -0.483. The van der Waals surface area contributed by atoms with Gasteiger partial charge in [-0.05, 0) is 39.5 Å². The molecule has 0 aromatic rings. The molecule has 0 aliphatic heterocycles. The summed E-state index contributed by atoms with van der Waals surface area (Å²) in [6.07, 6.45) is 3.52. The molecule has 1 saturated carbocycles. The van der Waals surface area contributed by atoms with Gasteiger partial charge in [0.15, 0.2) is 0 Å². The fourth-order valence-corrected chi connectivity index (χ4v) is 1.45. The molecular weight excluding hydrogens is 206 g/mol. The van der Waals surface area contributed by atoms with Crippen LogP contribution in [0.2, 0.25) is 0 Å². The van der Waals surface area contributed by atoms with Crippen LogP contribution in [0.4, 0.5) is 4.79 Å². The van der Waals surface area contributed by atoms with Crippen LogP contribution < -0.4 is 5.32 Å². The topological polar surface area (TPSA) is 58.6 Å². The molecule has 4 heteroatoms. The summed E-state index contributed by atoms with van der Waals surface area (Å²) in [6, 6.07) is 0. The molecule has 4 nitrogen and oxygen atoms in total. The molecule has 0 saturated heterocycles. The fourth-order valence-electron chi connectivity index (χ4n) is 1.45. The summed E-state index contributed by atoms with van der Waals surface area (Å²) in [4.78, 5) is 11.3. The summed E-state index contributed by atoms with van der Waals surface area (Å²) < 4.78 is 5.06. The average Bonchev–Trinajstić information content (AvgIpc) is 2.92. The monoisotopic (exact) mass is 229 g/mol. The quantitative estimate of drug-likeness (QED) is 0.758. The SMILES string of the molecule is CC(C)(C)OC(=O)NCC(O)CCC1CC1. The minimum absolute atomic E-state index is 0.279. The van der Waals surface area contributed by atoms with Crippen LogP contribution in [-0.2, 0) is 4.74 Å². The van der Waals surface area contributed by atoms with Crippen molar-refractivity contribution in [3.63, 3.8) is 0 Å². The van der Waals surface area contributed by atoms with Gasteiger partial charge in [0.05, 0.1) is 6.10 Å². The third kappa shape index (κ3) is 6.67. The zero-order valence-electron chi connectivity index (χ0n) is 10.5. The number of hydrogen-bond acceptors (Lipinski definition) is 3. The van der Waals surface area contributed by atoms with Crippen LogP contribution in [-0.4, -0.2) is 29.4 Å².